The minimum absolute atomic E-state index is 0.143. The maximum absolute atomic E-state index is 12.8. The number of carbonyl (C=O) groups excluding carboxylic acids is 1. The van der Waals surface area contributed by atoms with Gasteiger partial charge in [0.1, 0.15) is 29.8 Å². The quantitative estimate of drug-likeness (QED) is 0.788. The van der Waals surface area contributed by atoms with Gasteiger partial charge in [-0.15, -0.1) is 0 Å². The Morgan fingerprint density at radius 2 is 1.65 bits per heavy atom. The smallest absolute Gasteiger partial charge is 0.254 e. The maximum atomic E-state index is 12.8. The third-order valence-corrected chi connectivity index (χ3v) is 6.05. The molecule has 1 N–H and O–H groups in total. The van der Waals surface area contributed by atoms with E-state index in [1.54, 1.807) is 30.6 Å². The first kappa shape index (κ1) is 22.2. The Morgan fingerprint density at radius 3 is 2.16 bits per heavy atom. The van der Waals surface area contributed by atoms with E-state index in [1.807, 2.05) is 53.7 Å². The summed E-state index contributed by atoms with van der Waals surface area (Å²) in [5.74, 6) is 1.21. The van der Waals surface area contributed by atoms with E-state index in [-0.39, 0.29) is 40.4 Å². The molecule has 160 valence electrons. The van der Waals surface area contributed by atoms with E-state index < -0.39 is 0 Å². The molecule has 31 heavy (non-hydrogen) atoms. The number of amides is 1. The average molecular weight is 418 g/mol. The summed E-state index contributed by atoms with van der Waals surface area (Å²) in [7, 11) is 0. The lowest BCUT2D eigenvalue weighted by atomic mass is 9.49. The van der Waals surface area contributed by atoms with Crippen LogP contribution in [0.25, 0.3) is 0 Å². The molecule has 1 amide bonds. The Labute approximate surface area is 183 Å². The zero-order valence-corrected chi connectivity index (χ0v) is 18.7. The lowest BCUT2D eigenvalue weighted by Gasteiger charge is -2.63. The van der Waals surface area contributed by atoms with Crippen LogP contribution in [-0.2, 0) is 0 Å². The SMILES string of the molecule is CC(C)c1ncc(C(=O)NC2C(C)(C)C(Oc3ccc(C#N)c(C#N)c3)C2(C)C)cn1. The molecule has 0 saturated heterocycles. The van der Waals surface area contributed by atoms with Crippen molar-refractivity contribution in [3.8, 4) is 17.9 Å². The highest BCUT2D eigenvalue weighted by molar-refractivity contribution is 5.94. The van der Waals surface area contributed by atoms with Crippen LogP contribution in [0.15, 0.2) is 30.6 Å². The number of nitrogens with zero attached hydrogens (tertiary/aromatic N) is 4. The predicted molar refractivity (Wildman–Crippen MR) is 115 cm³/mol. The van der Waals surface area contributed by atoms with Crippen molar-refractivity contribution in [1.29, 1.82) is 10.5 Å². The number of carbonyl (C=O) groups is 1. The fraction of sp³-hybridized carbons (Fsp3) is 0.458. The van der Waals surface area contributed by atoms with Gasteiger partial charge in [-0.1, -0.05) is 41.5 Å². The molecule has 0 bridgehead atoms. The van der Waals surface area contributed by atoms with Gasteiger partial charge in [-0.3, -0.25) is 4.79 Å². The van der Waals surface area contributed by atoms with Gasteiger partial charge in [-0.25, -0.2) is 9.97 Å². The van der Waals surface area contributed by atoms with Crippen molar-refractivity contribution in [2.45, 2.75) is 59.6 Å². The summed E-state index contributed by atoms with van der Waals surface area (Å²) in [6.07, 6.45) is 2.92. The van der Waals surface area contributed by atoms with Gasteiger partial charge in [-0.05, 0) is 18.2 Å². The fourth-order valence-corrected chi connectivity index (χ4v) is 4.69. The monoisotopic (exact) mass is 417 g/mol. The Balaban J connectivity index is 1.76. The largest absolute Gasteiger partial charge is 0.489 e. The highest BCUT2D eigenvalue weighted by Gasteiger charge is 2.64. The van der Waals surface area contributed by atoms with Crippen LogP contribution >= 0.6 is 0 Å². The highest BCUT2D eigenvalue weighted by atomic mass is 16.5. The van der Waals surface area contributed by atoms with Crippen LogP contribution in [-0.4, -0.2) is 28.0 Å². The van der Waals surface area contributed by atoms with Crippen LogP contribution in [0.4, 0.5) is 0 Å². The van der Waals surface area contributed by atoms with E-state index in [1.165, 1.54) is 0 Å². The van der Waals surface area contributed by atoms with E-state index in [2.05, 4.69) is 15.3 Å². The molecule has 0 spiro atoms. The Kier molecular flexibility index (Phi) is 5.74. The molecule has 1 saturated carbocycles. The summed E-state index contributed by atoms with van der Waals surface area (Å²) in [4.78, 5) is 21.4. The second-order valence-corrected chi connectivity index (χ2v) is 9.46. The molecule has 1 aromatic heterocycles. The Hall–Kier alpha value is -3.45. The van der Waals surface area contributed by atoms with Gasteiger partial charge < -0.3 is 10.1 Å². The summed E-state index contributed by atoms with van der Waals surface area (Å²) in [6, 6.07) is 8.77. The van der Waals surface area contributed by atoms with Crippen molar-refractivity contribution >= 4 is 5.91 Å². The van der Waals surface area contributed by atoms with Gasteiger partial charge >= 0.3 is 0 Å². The average Bonchev–Trinajstić information content (AvgIpc) is 2.74. The molecule has 2 aromatic rings. The molecule has 1 aliphatic carbocycles. The third kappa shape index (κ3) is 3.96. The summed E-state index contributed by atoms with van der Waals surface area (Å²) in [5, 5.41) is 21.5. The van der Waals surface area contributed by atoms with Gasteiger partial charge in [0.05, 0.1) is 16.7 Å². The molecule has 3 rings (SSSR count). The molecule has 0 radical (unpaired) electrons. The molecule has 0 unspecified atom stereocenters. The van der Waals surface area contributed by atoms with E-state index >= 15 is 0 Å². The van der Waals surface area contributed by atoms with Crippen LogP contribution in [0.5, 0.6) is 5.75 Å². The summed E-state index contributed by atoms with van der Waals surface area (Å²) in [5.41, 5.74) is 0.297. The molecule has 0 aliphatic heterocycles. The number of nitrogens with one attached hydrogen (secondary N) is 1. The Morgan fingerprint density at radius 1 is 1.06 bits per heavy atom. The minimum Gasteiger partial charge on any atom is -0.489 e. The lowest BCUT2D eigenvalue weighted by molar-refractivity contribution is -0.164. The van der Waals surface area contributed by atoms with Crippen molar-refractivity contribution in [2.75, 3.05) is 0 Å². The van der Waals surface area contributed by atoms with Crippen molar-refractivity contribution in [3.05, 3.63) is 53.1 Å². The van der Waals surface area contributed by atoms with Crippen LogP contribution in [0.2, 0.25) is 0 Å². The zero-order valence-electron chi connectivity index (χ0n) is 18.7. The molecule has 0 atom stereocenters. The second kappa shape index (κ2) is 8.00. The van der Waals surface area contributed by atoms with Gasteiger partial charge in [0.2, 0.25) is 0 Å². The molecule has 1 aliphatic rings. The zero-order chi connectivity index (χ0) is 23.0. The molecule has 1 fully saturated rings. The van der Waals surface area contributed by atoms with Gasteiger partial charge in [0.25, 0.3) is 5.91 Å². The summed E-state index contributed by atoms with van der Waals surface area (Å²) in [6.45, 7) is 12.2. The molecule has 1 heterocycles. The number of aromatic nitrogens is 2. The number of ether oxygens (including phenoxy) is 1. The van der Waals surface area contributed by atoms with Gasteiger partial charge in [-0.2, -0.15) is 10.5 Å². The molecular formula is C24H27N5O2. The van der Waals surface area contributed by atoms with Gasteiger partial charge in [0, 0.05) is 35.2 Å². The predicted octanol–water partition coefficient (Wildman–Crippen LogP) is 3.96. The maximum Gasteiger partial charge on any atom is 0.254 e. The number of hydrogen-bond acceptors (Lipinski definition) is 6. The molecular weight excluding hydrogens is 390 g/mol. The first-order valence-corrected chi connectivity index (χ1v) is 10.3. The normalized spacial score (nSPS) is 20.8. The van der Waals surface area contributed by atoms with Crippen molar-refractivity contribution in [2.24, 2.45) is 10.8 Å². The topological polar surface area (TPSA) is 112 Å². The van der Waals surface area contributed by atoms with E-state index in [0.717, 1.165) is 0 Å². The van der Waals surface area contributed by atoms with Crippen LogP contribution in [0.3, 0.4) is 0 Å². The first-order chi connectivity index (χ1) is 14.5. The summed E-state index contributed by atoms with van der Waals surface area (Å²) >= 11 is 0. The van der Waals surface area contributed by atoms with E-state index in [0.29, 0.717) is 22.7 Å². The second-order valence-electron chi connectivity index (χ2n) is 9.46. The molecule has 7 nitrogen and oxygen atoms in total. The van der Waals surface area contributed by atoms with Crippen LogP contribution in [0, 0.1) is 33.5 Å². The number of hydrogen-bond donors (Lipinski definition) is 1. The molecule has 1 aromatic carbocycles. The number of benzene rings is 1. The Bertz CT molecular complexity index is 1060. The number of rotatable bonds is 5. The van der Waals surface area contributed by atoms with E-state index in [9.17, 15) is 10.1 Å². The minimum atomic E-state index is -0.363. The lowest BCUT2D eigenvalue weighted by Crippen LogP contribution is -2.74. The first-order valence-electron chi connectivity index (χ1n) is 10.3. The fourth-order valence-electron chi connectivity index (χ4n) is 4.69. The van der Waals surface area contributed by atoms with Crippen LogP contribution in [0.1, 0.15) is 74.8 Å². The van der Waals surface area contributed by atoms with Crippen molar-refractivity contribution < 1.29 is 9.53 Å². The number of nitriles is 2. The van der Waals surface area contributed by atoms with Crippen molar-refractivity contribution in [1.82, 2.24) is 15.3 Å². The van der Waals surface area contributed by atoms with E-state index in [4.69, 9.17) is 10.00 Å². The third-order valence-electron chi connectivity index (χ3n) is 6.05. The van der Waals surface area contributed by atoms with Crippen LogP contribution < -0.4 is 10.1 Å². The van der Waals surface area contributed by atoms with Gasteiger partial charge in [0.15, 0.2) is 0 Å². The van der Waals surface area contributed by atoms with Crippen molar-refractivity contribution in [3.63, 3.8) is 0 Å². The summed E-state index contributed by atoms with van der Waals surface area (Å²) < 4.78 is 6.25. The molecule has 7 heteroatoms. The standard InChI is InChI=1S/C24H27N5O2/c1-14(2)19-27-12-17(13-28-19)20(30)29-21-23(3,4)22(24(21,5)6)31-18-8-7-15(10-25)16(9-18)11-26/h7-9,12-14,21-22H,1-6H3,(H,29,30). The highest BCUT2D eigenvalue weighted by Crippen LogP contribution is 2.55.